The Morgan fingerprint density at radius 3 is 2.00 bits per heavy atom. The van der Waals surface area contributed by atoms with Crippen molar-refractivity contribution in [2.75, 3.05) is 7.11 Å². The highest BCUT2D eigenvalue weighted by Crippen LogP contribution is 2.28. The van der Waals surface area contributed by atoms with Crippen LogP contribution in [0.1, 0.15) is 34.6 Å². The summed E-state index contributed by atoms with van der Waals surface area (Å²) < 4.78 is 4.53. The minimum Gasteiger partial charge on any atom is -0.467 e. The fourth-order valence-corrected chi connectivity index (χ4v) is 0.905. The predicted molar refractivity (Wildman–Crippen MR) is 61.7 cm³/mol. The van der Waals surface area contributed by atoms with Gasteiger partial charge in [-0.05, 0) is 34.6 Å². The molecule has 0 heterocycles. The van der Waals surface area contributed by atoms with Gasteiger partial charge in [0.25, 0.3) is 0 Å². The molecule has 0 spiro atoms. The van der Waals surface area contributed by atoms with E-state index >= 15 is 0 Å². The molecule has 0 rings (SSSR count). The lowest BCUT2D eigenvalue weighted by Gasteiger charge is -2.37. The first kappa shape index (κ1) is 14.9. The third-order valence-electron chi connectivity index (χ3n) is 3.08. The number of carbonyl (C=O) groups excluding carboxylic acids is 2. The number of ether oxygens (including phenoxy) is 1. The van der Waals surface area contributed by atoms with Crippen LogP contribution in [0.5, 0.6) is 0 Å². The highest BCUT2D eigenvalue weighted by molar-refractivity contribution is 5.88. The van der Waals surface area contributed by atoms with Crippen molar-refractivity contribution in [1.29, 1.82) is 0 Å². The number of rotatable bonds is 4. The van der Waals surface area contributed by atoms with Crippen molar-refractivity contribution in [2.45, 2.75) is 46.2 Å². The van der Waals surface area contributed by atoms with E-state index < -0.39 is 23.0 Å². The first-order valence-electron chi connectivity index (χ1n) is 5.21. The van der Waals surface area contributed by atoms with Gasteiger partial charge in [-0.2, -0.15) is 0 Å². The zero-order chi connectivity index (χ0) is 13.1. The van der Waals surface area contributed by atoms with Gasteiger partial charge in [-0.25, -0.2) is 4.79 Å². The van der Waals surface area contributed by atoms with Crippen LogP contribution in [-0.4, -0.2) is 30.6 Å². The van der Waals surface area contributed by atoms with Crippen LogP contribution < -0.4 is 11.1 Å². The molecular weight excluding hydrogens is 208 g/mol. The molecule has 0 saturated carbocycles. The van der Waals surface area contributed by atoms with E-state index in [-0.39, 0.29) is 5.91 Å². The Balaban J connectivity index is 4.66. The van der Waals surface area contributed by atoms with Gasteiger partial charge in [0.05, 0.1) is 12.5 Å². The predicted octanol–water partition coefficient (Wildman–Crippen LogP) is 0.428. The van der Waals surface area contributed by atoms with Gasteiger partial charge in [-0.1, -0.05) is 0 Å². The molecule has 1 amide bonds. The van der Waals surface area contributed by atoms with Crippen molar-refractivity contribution in [3.63, 3.8) is 0 Å². The third kappa shape index (κ3) is 3.20. The smallest absolute Gasteiger partial charge is 0.328 e. The second-order valence-electron chi connectivity index (χ2n) is 5.06. The van der Waals surface area contributed by atoms with E-state index in [2.05, 4.69) is 10.1 Å². The molecule has 0 aliphatic rings. The summed E-state index contributed by atoms with van der Waals surface area (Å²) in [5, 5.41) is 2.58. The Kier molecular flexibility index (Phi) is 4.49. The van der Waals surface area contributed by atoms with Gasteiger partial charge in [0.15, 0.2) is 0 Å². The number of carbonyl (C=O) groups is 2. The Morgan fingerprint density at radius 1 is 1.25 bits per heavy atom. The maximum absolute atomic E-state index is 11.9. The number of nitrogens with two attached hydrogens (primary N) is 1. The zero-order valence-corrected chi connectivity index (χ0v) is 10.9. The van der Waals surface area contributed by atoms with Gasteiger partial charge in [-0.3, -0.25) is 4.79 Å². The van der Waals surface area contributed by atoms with Crippen molar-refractivity contribution < 1.29 is 14.3 Å². The fraction of sp³-hybridized carbons (Fsp3) is 0.818. The highest BCUT2D eigenvalue weighted by atomic mass is 16.5. The second kappa shape index (κ2) is 4.82. The molecule has 5 heteroatoms. The lowest BCUT2D eigenvalue weighted by atomic mass is 9.74. The molecule has 94 valence electrons. The number of methoxy groups -OCH3 is 1. The van der Waals surface area contributed by atoms with Crippen molar-refractivity contribution in [2.24, 2.45) is 11.1 Å². The summed E-state index contributed by atoms with van der Waals surface area (Å²) in [7, 11) is 1.28. The van der Waals surface area contributed by atoms with Gasteiger partial charge in [0.1, 0.15) is 6.04 Å². The zero-order valence-electron chi connectivity index (χ0n) is 10.9. The molecule has 0 aromatic rings. The normalized spacial score (nSPS) is 14.2. The Morgan fingerprint density at radius 2 is 1.69 bits per heavy atom. The van der Waals surface area contributed by atoms with Gasteiger partial charge in [-0.15, -0.1) is 0 Å². The monoisotopic (exact) mass is 230 g/mol. The van der Waals surface area contributed by atoms with E-state index in [4.69, 9.17) is 5.73 Å². The molecule has 0 aromatic carbocycles. The molecule has 0 aliphatic carbocycles. The van der Waals surface area contributed by atoms with Crippen LogP contribution in [-0.2, 0) is 14.3 Å². The molecule has 0 saturated heterocycles. The SMILES string of the molecule is COC(=O)C(C)NC(=O)C(C)(C)C(C)(C)N. The number of nitrogens with one attached hydrogen (secondary N) is 1. The van der Waals surface area contributed by atoms with Crippen LogP contribution in [0.3, 0.4) is 0 Å². The van der Waals surface area contributed by atoms with Crippen molar-refractivity contribution in [1.82, 2.24) is 5.32 Å². The largest absolute Gasteiger partial charge is 0.467 e. The highest BCUT2D eigenvalue weighted by Gasteiger charge is 2.41. The molecule has 5 nitrogen and oxygen atoms in total. The first-order chi connectivity index (χ1) is 7.04. The Labute approximate surface area is 96.7 Å². The molecule has 1 unspecified atom stereocenters. The standard InChI is InChI=1S/C11H22N2O3/c1-7(8(14)16-6)13-9(15)10(2,3)11(4,5)12/h7H,12H2,1-6H3,(H,13,15). The van der Waals surface area contributed by atoms with Crippen LogP contribution in [0, 0.1) is 5.41 Å². The lowest BCUT2D eigenvalue weighted by Crippen LogP contribution is -2.57. The molecular formula is C11H22N2O3. The maximum atomic E-state index is 11.9. The van der Waals surface area contributed by atoms with Crippen molar-refractivity contribution in [3.8, 4) is 0 Å². The first-order valence-corrected chi connectivity index (χ1v) is 5.21. The summed E-state index contributed by atoms with van der Waals surface area (Å²) in [6.45, 7) is 8.60. The Bertz CT molecular complexity index is 279. The van der Waals surface area contributed by atoms with Crippen molar-refractivity contribution in [3.05, 3.63) is 0 Å². The van der Waals surface area contributed by atoms with Gasteiger partial charge >= 0.3 is 5.97 Å². The van der Waals surface area contributed by atoms with E-state index in [0.29, 0.717) is 0 Å². The maximum Gasteiger partial charge on any atom is 0.328 e. The summed E-state index contributed by atoms with van der Waals surface area (Å²) >= 11 is 0. The minimum absolute atomic E-state index is 0.266. The van der Waals surface area contributed by atoms with E-state index in [1.54, 1.807) is 34.6 Å². The van der Waals surface area contributed by atoms with Gasteiger partial charge < -0.3 is 15.8 Å². The molecule has 1 atom stereocenters. The summed E-state index contributed by atoms with van der Waals surface area (Å²) in [6, 6.07) is -0.667. The van der Waals surface area contributed by atoms with E-state index in [0.717, 1.165) is 0 Å². The lowest BCUT2D eigenvalue weighted by molar-refractivity contribution is -0.146. The van der Waals surface area contributed by atoms with E-state index in [1.807, 2.05) is 0 Å². The van der Waals surface area contributed by atoms with Crippen LogP contribution in [0.4, 0.5) is 0 Å². The molecule has 0 radical (unpaired) electrons. The fourth-order valence-electron chi connectivity index (χ4n) is 0.905. The average Bonchev–Trinajstić information content (AvgIpc) is 2.14. The van der Waals surface area contributed by atoms with Crippen LogP contribution in [0.15, 0.2) is 0 Å². The van der Waals surface area contributed by atoms with E-state index in [1.165, 1.54) is 7.11 Å². The molecule has 0 aromatic heterocycles. The summed E-state index contributed by atoms with van der Waals surface area (Å²) in [4.78, 5) is 23.1. The molecule has 0 fully saturated rings. The average molecular weight is 230 g/mol. The molecule has 0 aliphatic heterocycles. The Hall–Kier alpha value is -1.10. The molecule has 0 bridgehead atoms. The number of hydrogen-bond donors (Lipinski definition) is 2. The summed E-state index contributed by atoms with van der Waals surface area (Å²) in [5.41, 5.74) is 4.48. The molecule has 16 heavy (non-hydrogen) atoms. The number of amides is 1. The van der Waals surface area contributed by atoms with Crippen LogP contribution >= 0.6 is 0 Å². The third-order valence-corrected chi connectivity index (χ3v) is 3.08. The summed E-state index contributed by atoms with van der Waals surface area (Å²) in [6.07, 6.45) is 0. The number of esters is 1. The number of hydrogen-bond acceptors (Lipinski definition) is 4. The second-order valence-corrected chi connectivity index (χ2v) is 5.06. The van der Waals surface area contributed by atoms with Crippen LogP contribution in [0.25, 0.3) is 0 Å². The summed E-state index contributed by atoms with van der Waals surface area (Å²) in [5.74, 6) is -0.739. The molecule has 3 N–H and O–H groups in total. The van der Waals surface area contributed by atoms with Gasteiger partial charge in [0, 0.05) is 5.54 Å². The van der Waals surface area contributed by atoms with Gasteiger partial charge in [0.2, 0.25) is 5.91 Å². The van der Waals surface area contributed by atoms with Crippen LogP contribution in [0.2, 0.25) is 0 Å². The quantitative estimate of drug-likeness (QED) is 0.686. The topological polar surface area (TPSA) is 81.4 Å². The minimum atomic E-state index is -0.769. The van der Waals surface area contributed by atoms with Crippen molar-refractivity contribution >= 4 is 11.9 Å². The van der Waals surface area contributed by atoms with E-state index in [9.17, 15) is 9.59 Å².